The fourth-order valence-electron chi connectivity index (χ4n) is 3.38. The Morgan fingerprint density at radius 1 is 1.21 bits per heavy atom. The second-order valence-corrected chi connectivity index (χ2v) is 7.46. The SMILES string of the molecule is Cc1nc(NNC(=O)[C@@H](CNC(=O)O)CC2CCCC2)c(F)c(NC(C)C)n1. The Morgan fingerprint density at radius 2 is 1.86 bits per heavy atom. The minimum Gasteiger partial charge on any atom is -0.465 e. The normalized spacial score (nSPS) is 15.3. The molecule has 28 heavy (non-hydrogen) atoms. The molecule has 0 spiro atoms. The van der Waals surface area contributed by atoms with Crippen molar-refractivity contribution >= 4 is 23.6 Å². The lowest BCUT2D eigenvalue weighted by Crippen LogP contribution is -2.42. The van der Waals surface area contributed by atoms with Crippen molar-refractivity contribution in [3.05, 3.63) is 11.6 Å². The molecule has 0 aliphatic heterocycles. The van der Waals surface area contributed by atoms with Crippen LogP contribution in [0.15, 0.2) is 0 Å². The molecular formula is C18H29FN6O3. The predicted octanol–water partition coefficient (Wildman–Crippen LogP) is 2.65. The van der Waals surface area contributed by atoms with Gasteiger partial charge in [0.25, 0.3) is 0 Å². The van der Waals surface area contributed by atoms with Crippen LogP contribution in [-0.2, 0) is 4.79 Å². The van der Waals surface area contributed by atoms with Gasteiger partial charge in [-0.05, 0) is 33.1 Å². The molecule has 9 nitrogen and oxygen atoms in total. The molecule has 1 heterocycles. The Morgan fingerprint density at radius 3 is 2.46 bits per heavy atom. The summed E-state index contributed by atoms with van der Waals surface area (Å²) in [6, 6.07) is -0.0240. The highest BCUT2D eigenvalue weighted by Gasteiger charge is 2.26. The maximum Gasteiger partial charge on any atom is 0.404 e. The van der Waals surface area contributed by atoms with Gasteiger partial charge in [-0.3, -0.25) is 15.6 Å². The average molecular weight is 396 g/mol. The quantitative estimate of drug-likeness (QED) is 0.406. The summed E-state index contributed by atoms with van der Waals surface area (Å²) >= 11 is 0. The van der Waals surface area contributed by atoms with Gasteiger partial charge in [0, 0.05) is 12.6 Å². The molecule has 1 aromatic rings. The third-order valence-electron chi connectivity index (χ3n) is 4.66. The van der Waals surface area contributed by atoms with Gasteiger partial charge in [-0.25, -0.2) is 14.8 Å². The van der Waals surface area contributed by atoms with Gasteiger partial charge in [0.15, 0.2) is 11.6 Å². The molecule has 2 rings (SSSR count). The topological polar surface area (TPSA) is 128 Å². The van der Waals surface area contributed by atoms with E-state index < -0.39 is 23.7 Å². The minimum absolute atomic E-state index is 0.00475. The lowest BCUT2D eigenvalue weighted by Gasteiger charge is -2.21. The number of nitrogens with one attached hydrogen (secondary N) is 4. The molecule has 1 aliphatic rings. The second-order valence-electron chi connectivity index (χ2n) is 7.46. The van der Waals surface area contributed by atoms with Crippen molar-refractivity contribution in [2.75, 3.05) is 17.3 Å². The van der Waals surface area contributed by atoms with Crippen molar-refractivity contribution in [3.63, 3.8) is 0 Å². The number of nitrogens with zero attached hydrogens (tertiary/aromatic N) is 2. The Hall–Kier alpha value is -2.65. The maximum absolute atomic E-state index is 14.6. The highest BCUT2D eigenvalue weighted by molar-refractivity contribution is 5.80. The summed E-state index contributed by atoms with van der Waals surface area (Å²) in [6.45, 7) is 5.34. The van der Waals surface area contributed by atoms with E-state index in [-0.39, 0.29) is 24.2 Å². The Labute approximate surface area is 163 Å². The van der Waals surface area contributed by atoms with Gasteiger partial charge in [-0.1, -0.05) is 25.7 Å². The lowest BCUT2D eigenvalue weighted by atomic mass is 9.92. The summed E-state index contributed by atoms with van der Waals surface area (Å²) in [5, 5.41) is 14.0. The number of anilines is 2. The Bertz CT molecular complexity index is 694. The molecule has 0 radical (unpaired) electrons. The number of hydrogen-bond donors (Lipinski definition) is 5. The van der Waals surface area contributed by atoms with E-state index in [9.17, 15) is 14.0 Å². The third kappa shape index (κ3) is 6.50. The van der Waals surface area contributed by atoms with Crippen LogP contribution in [0.3, 0.4) is 0 Å². The molecule has 5 N–H and O–H groups in total. The first-order chi connectivity index (χ1) is 13.3. The van der Waals surface area contributed by atoms with Gasteiger partial charge in [0.1, 0.15) is 5.82 Å². The van der Waals surface area contributed by atoms with Crippen molar-refractivity contribution < 1.29 is 19.1 Å². The summed E-state index contributed by atoms with van der Waals surface area (Å²) in [5.74, 6) is -1.01. The average Bonchev–Trinajstić information content (AvgIpc) is 3.12. The highest BCUT2D eigenvalue weighted by Crippen LogP contribution is 2.30. The number of aromatic nitrogens is 2. The van der Waals surface area contributed by atoms with Crippen LogP contribution in [0.5, 0.6) is 0 Å². The molecule has 0 bridgehead atoms. The van der Waals surface area contributed by atoms with Crippen LogP contribution in [0.2, 0.25) is 0 Å². The van der Waals surface area contributed by atoms with Crippen LogP contribution in [0, 0.1) is 24.6 Å². The number of amides is 2. The van der Waals surface area contributed by atoms with E-state index in [2.05, 4.69) is 31.5 Å². The van der Waals surface area contributed by atoms with Gasteiger partial charge in [-0.2, -0.15) is 4.39 Å². The largest absolute Gasteiger partial charge is 0.465 e. The fraction of sp³-hybridized carbons (Fsp3) is 0.667. The molecule has 1 aromatic heterocycles. The molecule has 0 saturated heterocycles. The molecule has 1 fully saturated rings. The van der Waals surface area contributed by atoms with Gasteiger partial charge in [0.2, 0.25) is 11.7 Å². The molecule has 1 aliphatic carbocycles. The van der Waals surface area contributed by atoms with Gasteiger partial charge in [-0.15, -0.1) is 0 Å². The van der Waals surface area contributed by atoms with Gasteiger partial charge in [0.05, 0.1) is 5.92 Å². The van der Waals surface area contributed by atoms with E-state index in [4.69, 9.17) is 5.11 Å². The molecular weight excluding hydrogens is 367 g/mol. The van der Waals surface area contributed by atoms with Gasteiger partial charge < -0.3 is 15.7 Å². The molecule has 0 aromatic carbocycles. The van der Waals surface area contributed by atoms with Crippen LogP contribution in [0.1, 0.15) is 51.8 Å². The van der Waals surface area contributed by atoms with Crippen LogP contribution in [0.4, 0.5) is 20.8 Å². The molecule has 1 atom stereocenters. The Kier molecular flexibility index (Phi) is 7.77. The lowest BCUT2D eigenvalue weighted by molar-refractivity contribution is -0.124. The summed E-state index contributed by atoms with van der Waals surface area (Å²) in [6.07, 6.45) is 3.72. The van der Waals surface area contributed by atoms with Crippen molar-refractivity contribution in [2.45, 2.75) is 58.9 Å². The van der Waals surface area contributed by atoms with E-state index in [1.54, 1.807) is 6.92 Å². The zero-order chi connectivity index (χ0) is 20.7. The first-order valence-corrected chi connectivity index (χ1v) is 9.59. The van der Waals surface area contributed by atoms with Crippen LogP contribution in [-0.4, -0.2) is 39.7 Å². The van der Waals surface area contributed by atoms with E-state index in [1.165, 1.54) is 0 Å². The summed E-state index contributed by atoms with van der Waals surface area (Å²) < 4.78 is 14.6. The van der Waals surface area contributed by atoms with Crippen molar-refractivity contribution in [3.8, 4) is 0 Å². The molecule has 10 heteroatoms. The highest BCUT2D eigenvalue weighted by atomic mass is 19.1. The van der Waals surface area contributed by atoms with Gasteiger partial charge >= 0.3 is 6.09 Å². The number of carbonyl (C=O) groups excluding carboxylic acids is 1. The van der Waals surface area contributed by atoms with Crippen LogP contribution in [0.25, 0.3) is 0 Å². The Balaban J connectivity index is 2.03. The molecule has 0 unspecified atom stereocenters. The standard InChI is InChI=1S/C18H29FN6O3/c1-10(2)21-15-14(19)16(23-11(3)22-15)24-25-17(26)13(9-20-18(27)28)8-12-6-4-5-7-12/h10,12-13,20H,4-9H2,1-3H3,(H,25,26)(H,27,28)(H2,21,22,23,24)/t13-/m1/s1. The van der Waals surface area contributed by atoms with Crippen molar-refractivity contribution in [1.29, 1.82) is 0 Å². The number of hydrazine groups is 1. The van der Waals surface area contributed by atoms with E-state index in [0.29, 0.717) is 18.2 Å². The number of halogens is 1. The number of aryl methyl sites for hydroxylation is 1. The molecule has 156 valence electrons. The van der Waals surface area contributed by atoms with Crippen LogP contribution < -0.4 is 21.5 Å². The molecule has 2 amide bonds. The first kappa shape index (κ1) is 21.6. The summed E-state index contributed by atoms with van der Waals surface area (Å²) in [5.41, 5.74) is 4.98. The number of carboxylic acid groups (broad SMARTS) is 1. The van der Waals surface area contributed by atoms with E-state index in [1.807, 2.05) is 13.8 Å². The zero-order valence-electron chi connectivity index (χ0n) is 16.5. The molecule has 1 saturated carbocycles. The van der Waals surface area contributed by atoms with Crippen molar-refractivity contribution in [1.82, 2.24) is 20.7 Å². The monoisotopic (exact) mass is 396 g/mol. The smallest absolute Gasteiger partial charge is 0.404 e. The zero-order valence-corrected chi connectivity index (χ0v) is 16.5. The van der Waals surface area contributed by atoms with E-state index >= 15 is 0 Å². The number of hydrogen-bond acceptors (Lipinski definition) is 6. The minimum atomic E-state index is -1.18. The summed E-state index contributed by atoms with van der Waals surface area (Å²) in [4.78, 5) is 31.4. The van der Waals surface area contributed by atoms with Crippen molar-refractivity contribution in [2.24, 2.45) is 11.8 Å². The number of carbonyl (C=O) groups is 2. The first-order valence-electron chi connectivity index (χ1n) is 9.59. The summed E-state index contributed by atoms with van der Waals surface area (Å²) in [7, 11) is 0. The van der Waals surface area contributed by atoms with E-state index in [0.717, 1.165) is 25.7 Å². The maximum atomic E-state index is 14.6. The second kappa shape index (κ2) is 10.0. The number of rotatable bonds is 9. The predicted molar refractivity (Wildman–Crippen MR) is 103 cm³/mol. The fourth-order valence-corrected chi connectivity index (χ4v) is 3.38. The van der Waals surface area contributed by atoms with Crippen LogP contribution >= 0.6 is 0 Å². The third-order valence-corrected chi connectivity index (χ3v) is 4.66.